The zero-order valence-corrected chi connectivity index (χ0v) is 10.6. The maximum Gasteiger partial charge on any atom is 0.353 e. The van der Waals surface area contributed by atoms with E-state index in [2.05, 4.69) is 0 Å². The summed E-state index contributed by atoms with van der Waals surface area (Å²) in [6.45, 7) is 0.305. The van der Waals surface area contributed by atoms with E-state index in [0.717, 1.165) is 0 Å². The highest BCUT2D eigenvalue weighted by Crippen LogP contribution is 2.46. The molecule has 1 saturated heterocycles. The minimum atomic E-state index is -1.17. The number of β-lactam (4-membered cyclic amide) rings is 1. The van der Waals surface area contributed by atoms with Gasteiger partial charge in [-0.1, -0.05) is 0 Å². The second-order valence-corrected chi connectivity index (χ2v) is 6.54. The number of hydrogen-bond acceptors (Lipinski definition) is 5. The Bertz CT molecular complexity index is 435. The van der Waals surface area contributed by atoms with Crippen LogP contribution in [0, 0.1) is 0 Å². The number of fused-ring (bicyclic) bond motifs is 1. The zero-order valence-electron chi connectivity index (χ0n) is 8.92. The summed E-state index contributed by atoms with van der Waals surface area (Å²) in [4.78, 5) is 24.2. The van der Waals surface area contributed by atoms with E-state index in [1.165, 1.54) is 16.7 Å². The van der Waals surface area contributed by atoms with Gasteiger partial charge in [0.15, 0.2) is 0 Å². The molecule has 0 aromatic heterocycles. The van der Waals surface area contributed by atoms with Crippen molar-refractivity contribution < 1.29 is 18.9 Å². The van der Waals surface area contributed by atoms with Crippen LogP contribution in [-0.4, -0.2) is 49.5 Å². The van der Waals surface area contributed by atoms with E-state index in [0.29, 0.717) is 23.6 Å². The standard InChI is InChI=1S/C9H12N2O4S2/c10-1-2-17(15)4-5-8(9(13)14)11-6(12)3-7(11)16-5/h7H,1-4,10H2,(H,13,14)/t7-,17?/m1/s1. The van der Waals surface area contributed by atoms with Crippen molar-refractivity contribution in [3.05, 3.63) is 10.6 Å². The van der Waals surface area contributed by atoms with Crippen molar-refractivity contribution in [3.8, 4) is 0 Å². The molecule has 3 N–H and O–H groups in total. The summed E-state index contributed by atoms with van der Waals surface area (Å²) in [5.74, 6) is -0.799. The third-order valence-corrected chi connectivity index (χ3v) is 5.29. The van der Waals surface area contributed by atoms with Crippen LogP contribution >= 0.6 is 11.8 Å². The number of carboxylic acids is 1. The Hall–Kier alpha value is -0.860. The van der Waals surface area contributed by atoms with Crippen molar-refractivity contribution in [2.24, 2.45) is 5.73 Å². The van der Waals surface area contributed by atoms with Gasteiger partial charge in [-0.05, 0) is 0 Å². The lowest BCUT2D eigenvalue weighted by atomic mass is 10.1. The largest absolute Gasteiger partial charge is 0.477 e. The number of carboxylic acid groups (broad SMARTS) is 1. The number of nitrogens with zero attached hydrogens (tertiary/aromatic N) is 1. The highest BCUT2D eigenvalue weighted by Gasteiger charge is 2.48. The van der Waals surface area contributed by atoms with Gasteiger partial charge in [-0.15, -0.1) is 11.8 Å². The van der Waals surface area contributed by atoms with Crippen molar-refractivity contribution in [3.63, 3.8) is 0 Å². The van der Waals surface area contributed by atoms with Crippen molar-refractivity contribution in [1.82, 2.24) is 4.90 Å². The Balaban J connectivity index is 2.17. The van der Waals surface area contributed by atoms with E-state index >= 15 is 0 Å². The Kier molecular flexibility index (Phi) is 3.55. The summed E-state index contributed by atoms with van der Waals surface area (Å²) in [6, 6.07) is 0. The summed E-state index contributed by atoms with van der Waals surface area (Å²) >= 11 is 1.32. The van der Waals surface area contributed by atoms with Crippen LogP contribution in [0.4, 0.5) is 0 Å². The van der Waals surface area contributed by atoms with Crippen LogP contribution in [0.15, 0.2) is 10.6 Å². The fourth-order valence-electron chi connectivity index (χ4n) is 1.78. The lowest BCUT2D eigenvalue weighted by molar-refractivity contribution is -0.145. The number of carbonyl (C=O) groups is 2. The summed E-state index contributed by atoms with van der Waals surface area (Å²) in [5, 5.41) is 8.97. The van der Waals surface area contributed by atoms with Crippen molar-refractivity contribution in [2.75, 3.05) is 18.1 Å². The molecule has 0 saturated carbocycles. The fraction of sp³-hybridized carbons (Fsp3) is 0.556. The number of rotatable bonds is 5. The summed E-state index contributed by atoms with van der Waals surface area (Å²) < 4.78 is 11.6. The minimum absolute atomic E-state index is 0.00150. The molecule has 2 aliphatic heterocycles. The average Bonchev–Trinajstić information content (AvgIpc) is 2.51. The second-order valence-electron chi connectivity index (χ2n) is 3.69. The second kappa shape index (κ2) is 4.79. The maximum absolute atomic E-state index is 11.6. The highest BCUT2D eigenvalue weighted by atomic mass is 32.2. The van der Waals surface area contributed by atoms with Gasteiger partial charge < -0.3 is 10.8 Å². The molecule has 8 heteroatoms. The van der Waals surface area contributed by atoms with Crippen LogP contribution in [0.25, 0.3) is 0 Å². The van der Waals surface area contributed by atoms with Gasteiger partial charge in [-0.3, -0.25) is 13.9 Å². The molecule has 1 fully saturated rings. The van der Waals surface area contributed by atoms with Crippen LogP contribution in [0.1, 0.15) is 6.42 Å². The molecule has 0 aromatic carbocycles. The summed E-state index contributed by atoms with van der Waals surface area (Å²) in [5.41, 5.74) is 5.29. The molecule has 6 nitrogen and oxygen atoms in total. The first-order valence-electron chi connectivity index (χ1n) is 5.04. The van der Waals surface area contributed by atoms with Crippen LogP contribution in [0.2, 0.25) is 0 Å². The third kappa shape index (κ3) is 2.24. The lowest BCUT2D eigenvalue weighted by Crippen LogP contribution is -2.48. The van der Waals surface area contributed by atoms with Gasteiger partial charge in [0, 0.05) is 28.0 Å². The van der Waals surface area contributed by atoms with Gasteiger partial charge in [-0.25, -0.2) is 4.79 Å². The van der Waals surface area contributed by atoms with Gasteiger partial charge in [-0.2, -0.15) is 0 Å². The smallest absolute Gasteiger partial charge is 0.353 e. The summed E-state index contributed by atoms with van der Waals surface area (Å²) in [7, 11) is -1.17. The molecule has 0 aliphatic carbocycles. The molecule has 2 aliphatic rings. The molecule has 94 valence electrons. The first kappa shape index (κ1) is 12.6. The topological polar surface area (TPSA) is 101 Å². The maximum atomic E-state index is 11.6. The first-order valence-corrected chi connectivity index (χ1v) is 7.41. The van der Waals surface area contributed by atoms with Gasteiger partial charge in [0.05, 0.1) is 17.5 Å². The minimum Gasteiger partial charge on any atom is -0.477 e. The predicted molar refractivity (Wildman–Crippen MR) is 64.4 cm³/mol. The molecule has 2 heterocycles. The molecule has 0 radical (unpaired) electrons. The monoisotopic (exact) mass is 276 g/mol. The summed E-state index contributed by atoms with van der Waals surface area (Å²) in [6.07, 6.45) is 0.356. The number of amides is 1. The van der Waals surface area contributed by atoms with Crippen molar-refractivity contribution >= 4 is 34.4 Å². The van der Waals surface area contributed by atoms with Crippen LogP contribution < -0.4 is 5.73 Å². The SMILES string of the molecule is NCCS(=O)CC1=C(C(=O)O)N2C(=O)C[C@H]2S1. The van der Waals surface area contributed by atoms with E-state index in [9.17, 15) is 13.8 Å². The van der Waals surface area contributed by atoms with Gasteiger partial charge in [0.1, 0.15) is 5.70 Å². The predicted octanol–water partition coefficient (Wildman–Crippen LogP) is -0.705. The number of carbonyl (C=O) groups excluding carboxylic acids is 1. The van der Waals surface area contributed by atoms with E-state index in [1.807, 2.05) is 0 Å². The van der Waals surface area contributed by atoms with E-state index < -0.39 is 16.8 Å². The number of nitrogens with two attached hydrogens (primary N) is 1. The quantitative estimate of drug-likeness (QED) is 0.644. The Morgan fingerprint density at radius 1 is 1.65 bits per heavy atom. The molecule has 2 rings (SSSR count). The normalized spacial score (nSPS) is 24.6. The van der Waals surface area contributed by atoms with E-state index in [1.54, 1.807) is 0 Å². The zero-order chi connectivity index (χ0) is 12.6. The fourth-order valence-corrected chi connectivity index (χ4v) is 4.46. The Morgan fingerprint density at radius 2 is 2.35 bits per heavy atom. The number of aliphatic carboxylic acids is 1. The molecule has 1 unspecified atom stereocenters. The molecule has 0 aromatic rings. The molecule has 17 heavy (non-hydrogen) atoms. The molecule has 2 atom stereocenters. The van der Waals surface area contributed by atoms with Crippen molar-refractivity contribution in [2.45, 2.75) is 11.8 Å². The first-order chi connectivity index (χ1) is 8.04. The van der Waals surface area contributed by atoms with Crippen LogP contribution in [-0.2, 0) is 20.4 Å². The highest BCUT2D eigenvalue weighted by molar-refractivity contribution is 8.05. The van der Waals surface area contributed by atoms with E-state index in [-0.39, 0.29) is 22.7 Å². The van der Waals surface area contributed by atoms with Crippen LogP contribution in [0.3, 0.4) is 0 Å². The van der Waals surface area contributed by atoms with Crippen molar-refractivity contribution in [1.29, 1.82) is 0 Å². The molecular weight excluding hydrogens is 264 g/mol. The number of hydrogen-bond donors (Lipinski definition) is 2. The Morgan fingerprint density at radius 3 is 2.88 bits per heavy atom. The van der Waals surface area contributed by atoms with Gasteiger partial charge in [0.2, 0.25) is 5.91 Å². The Labute approximate surface area is 105 Å². The molecule has 1 amide bonds. The third-order valence-electron chi connectivity index (χ3n) is 2.53. The molecule has 0 bridgehead atoms. The van der Waals surface area contributed by atoms with Gasteiger partial charge in [0.25, 0.3) is 0 Å². The van der Waals surface area contributed by atoms with Crippen LogP contribution in [0.5, 0.6) is 0 Å². The molecule has 0 spiro atoms. The van der Waals surface area contributed by atoms with Gasteiger partial charge >= 0.3 is 5.97 Å². The lowest BCUT2D eigenvalue weighted by Gasteiger charge is -2.33. The van der Waals surface area contributed by atoms with E-state index in [4.69, 9.17) is 10.8 Å². The number of thioether (sulfide) groups is 1. The molecular formula is C9H12N2O4S2. The average molecular weight is 276 g/mol.